The maximum absolute atomic E-state index is 14.1. The number of benzene rings is 1. The number of rotatable bonds is 3. The zero-order valence-electron chi connectivity index (χ0n) is 17.0. The molecule has 6 heteroatoms. The van der Waals surface area contributed by atoms with E-state index in [2.05, 4.69) is 22.2 Å². The van der Waals surface area contributed by atoms with E-state index in [-0.39, 0.29) is 17.8 Å². The van der Waals surface area contributed by atoms with Crippen LogP contribution in [0.3, 0.4) is 0 Å². The third kappa shape index (κ3) is 3.79. The van der Waals surface area contributed by atoms with Gasteiger partial charge in [-0.1, -0.05) is 6.07 Å². The Hall–Kier alpha value is -3.02. The molecule has 0 bridgehead atoms. The van der Waals surface area contributed by atoms with Crippen LogP contribution >= 0.6 is 0 Å². The fourth-order valence-electron chi connectivity index (χ4n) is 3.84. The smallest absolute Gasteiger partial charge is 0.257 e. The van der Waals surface area contributed by atoms with E-state index in [1.807, 2.05) is 30.0 Å². The van der Waals surface area contributed by atoms with Gasteiger partial charge in [0.1, 0.15) is 5.82 Å². The summed E-state index contributed by atoms with van der Waals surface area (Å²) in [5, 5.41) is 4.01. The summed E-state index contributed by atoms with van der Waals surface area (Å²) in [6, 6.07) is 8.96. The summed E-state index contributed by atoms with van der Waals surface area (Å²) in [6.45, 7) is 6.44. The van der Waals surface area contributed by atoms with Crippen LogP contribution in [0.25, 0.3) is 11.0 Å². The average Bonchev–Trinajstić information content (AvgIpc) is 2.70. The Labute approximate surface area is 170 Å². The van der Waals surface area contributed by atoms with Gasteiger partial charge in [-0.3, -0.25) is 4.79 Å². The highest BCUT2D eigenvalue weighted by molar-refractivity contribution is 6.07. The molecule has 1 N–H and O–H groups in total. The van der Waals surface area contributed by atoms with Gasteiger partial charge in [0.2, 0.25) is 0 Å². The lowest BCUT2D eigenvalue weighted by molar-refractivity contribution is 0.0636. The molecule has 5 nitrogen and oxygen atoms in total. The number of aromatic nitrogens is 2. The fraction of sp³-hybridized carbons (Fsp3) is 0.348. The first-order valence-electron chi connectivity index (χ1n) is 10.0. The summed E-state index contributed by atoms with van der Waals surface area (Å²) in [6.07, 6.45) is 4.73. The molecule has 4 rings (SSSR count). The number of pyridine rings is 2. The van der Waals surface area contributed by atoms with Crippen molar-refractivity contribution in [1.82, 2.24) is 14.9 Å². The molecular weight excluding hydrogens is 367 g/mol. The van der Waals surface area contributed by atoms with Gasteiger partial charge in [0, 0.05) is 35.6 Å². The first kappa shape index (κ1) is 19.3. The molecule has 2 aromatic heterocycles. The monoisotopic (exact) mass is 392 g/mol. The quantitative estimate of drug-likeness (QED) is 0.670. The number of aryl methyl sites for hydroxylation is 2. The highest BCUT2D eigenvalue weighted by atomic mass is 19.1. The van der Waals surface area contributed by atoms with Gasteiger partial charge in [0.05, 0.1) is 11.3 Å². The van der Waals surface area contributed by atoms with E-state index in [1.165, 1.54) is 6.07 Å². The number of halogens is 1. The van der Waals surface area contributed by atoms with Gasteiger partial charge in [0.15, 0.2) is 5.65 Å². The maximum atomic E-state index is 14.1. The van der Waals surface area contributed by atoms with E-state index in [9.17, 15) is 9.18 Å². The molecule has 0 unspecified atom stereocenters. The third-order valence-electron chi connectivity index (χ3n) is 5.60. The maximum Gasteiger partial charge on any atom is 0.257 e. The van der Waals surface area contributed by atoms with E-state index in [1.54, 1.807) is 19.2 Å². The van der Waals surface area contributed by atoms with Crippen LogP contribution in [0.1, 0.15) is 47.8 Å². The van der Waals surface area contributed by atoms with Gasteiger partial charge < -0.3 is 10.2 Å². The molecule has 3 aromatic rings. The number of fused-ring (bicyclic) bond motifs is 1. The van der Waals surface area contributed by atoms with Gasteiger partial charge >= 0.3 is 0 Å². The van der Waals surface area contributed by atoms with Crippen LogP contribution in [0.2, 0.25) is 0 Å². The lowest BCUT2D eigenvalue weighted by Crippen LogP contribution is -2.42. The molecule has 1 aliphatic heterocycles. The minimum Gasteiger partial charge on any atom is -0.354 e. The van der Waals surface area contributed by atoms with E-state index in [4.69, 9.17) is 0 Å². The molecule has 1 amide bonds. The standard InChI is InChI=1S/C23H25FN4O/c1-14-7-9-17(12-20(14)24)27-21-18-10-8-15(2)26-22(18)25-13-19(21)23(29)28-11-5-4-6-16(28)3/h7-10,12-13,16H,4-6,11H2,1-3H3,(H,25,26,27)/t16-/m0/s1. The Kier molecular flexibility index (Phi) is 5.18. The zero-order valence-corrected chi connectivity index (χ0v) is 17.0. The van der Waals surface area contributed by atoms with E-state index >= 15 is 0 Å². The number of anilines is 2. The Morgan fingerprint density at radius 1 is 1.21 bits per heavy atom. The molecule has 1 saturated heterocycles. The van der Waals surface area contributed by atoms with Crippen LogP contribution in [0.5, 0.6) is 0 Å². The first-order valence-corrected chi connectivity index (χ1v) is 10.0. The third-order valence-corrected chi connectivity index (χ3v) is 5.60. The molecule has 1 fully saturated rings. The number of nitrogens with zero attached hydrogens (tertiary/aromatic N) is 3. The van der Waals surface area contributed by atoms with Crippen molar-refractivity contribution < 1.29 is 9.18 Å². The van der Waals surface area contributed by atoms with Gasteiger partial charge in [0.25, 0.3) is 5.91 Å². The molecule has 3 heterocycles. The van der Waals surface area contributed by atoms with E-state index in [0.717, 1.165) is 36.9 Å². The topological polar surface area (TPSA) is 58.1 Å². The molecule has 1 aromatic carbocycles. The average molecular weight is 392 g/mol. The lowest BCUT2D eigenvalue weighted by Gasteiger charge is -2.34. The first-order chi connectivity index (χ1) is 13.9. The van der Waals surface area contributed by atoms with Gasteiger partial charge in [-0.2, -0.15) is 0 Å². The van der Waals surface area contributed by atoms with Crippen molar-refractivity contribution in [2.24, 2.45) is 0 Å². The number of carbonyl (C=O) groups excluding carboxylic acids is 1. The molecule has 1 atom stereocenters. The van der Waals surface area contributed by atoms with Gasteiger partial charge in [-0.15, -0.1) is 0 Å². The van der Waals surface area contributed by atoms with Crippen molar-refractivity contribution in [3.63, 3.8) is 0 Å². The van der Waals surface area contributed by atoms with Crippen LogP contribution < -0.4 is 5.32 Å². The second kappa shape index (κ2) is 7.78. The molecule has 0 spiro atoms. The van der Waals surface area contributed by atoms with Crippen LogP contribution in [-0.2, 0) is 0 Å². The SMILES string of the molecule is Cc1ccc2c(Nc3ccc(C)c(F)c3)c(C(=O)N3CCCC[C@@H]3C)cnc2n1. The second-order valence-corrected chi connectivity index (χ2v) is 7.80. The molecule has 0 saturated carbocycles. The Morgan fingerprint density at radius 3 is 2.79 bits per heavy atom. The molecule has 0 aliphatic carbocycles. The molecule has 0 radical (unpaired) electrons. The number of amides is 1. The van der Waals surface area contributed by atoms with E-state index in [0.29, 0.717) is 28.1 Å². The van der Waals surface area contributed by atoms with Crippen molar-refractivity contribution in [1.29, 1.82) is 0 Å². The summed E-state index contributed by atoms with van der Waals surface area (Å²) in [5.74, 6) is -0.345. The van der Waals surface area contributed by atoms with Gasteiger partial charge in [-0.25, -0.2) is 14.4 Å². The van der Waals surface area contributed by atoms with Crippen molar-refractivity contribution in [3.05, 3.63) is 59.2 Å². The van der Waals surface area contributed by atoms with Crippen molar-refractivity contribution in [3.8, 4) is 0 Å². The Morgan fingerprint density at radius 2 is 2.03 bits per heavy atom. The highest BCUT2D eigenvalue weighted by Gasteiger charge is 2.27. The van der Waals surface area contributed by atoms with Crippen molar-refractivity contribution >= 4 is 28.3 Å². The van der Waals surface area contributed by atoms with Crippen molar-refractivity contribution in [2.75, 3.05) is 11.9 Å². The Bertz CT molecular complexity index is 1080. The van der Waals surface area contributed by atoms with Crippen LogP contribution in [0.15, 0.2) is 36.5 Å². The summed E-state index contributed by atoms with van der Waals surface area (Å²) < 4.78 is 14.1. The fourth-order valence-corrected chi connectivity index (χ4v) is 3.84. The summed E-state index contributed by atoms with van der Waals surface area (Å²) in [4.78, 5) is 24.2. The van der Waals surface area contributed by atoms with Crippen LogP contribution in [0, 0.1) is 19.7 Å². The minimum absolute atomic E-state index is 0.0535. The normalized spacial score (nSPS) is 16.8. The minimum atomic E-state index is -0.292. The number of likely N-dealkylation sites (tertiary alicyclic amines) is 1. The second-order valence-electron chi connectivity index (χ2n) is 7.80. The molecule has 150 valence electrons. The van der Waals surface area contributed by atoms with Crippen LogP contribution in [-0.4, -0.2) is 33.4 Å². The Balaban J connectivity index is 1.82. The predicted octanol–water partition coefficient (Wildman–Crippen LogP) is 5.14. The molecule has 29 heavy (non-hydrogen) atoms. The predicted molar refractivity (Wildman–Crippen MR) is 113 cm³/mol. The number of hydrogen-bond donors (Lipinski definition) is 1. The molecular formula is C23H25FN4O. The largest absolute Gasteiger partial charge is 0.354 e. The summed E-state index contributed by atoms with van der Waals surface area (Å²) in [5.41, 5.74) is 3.67. The van der Waals surface area contributed by atoms with Crippen molar-refractivity contribution in [2.45, 2.75) is 46.1 Å². The summed E-state index contributed by atoms with van der Waals surface area (Å²) in [7, 11) is 0. The zero-order chi connectivity index (χ0) is 20.5. The number of piperidine rings is 1. The number of carbonyl (C=O) groups is 1. The van der Waals surface area contributed by atoms with Gasteiger partial charge in [-0.05, 0) is 69.9 Å². The summed E-state index contributed by atoms with van der Waals surface area (Å²) >= 11 is 0. The van der Waals surface area contributed by atoms with Crippen LogP contribution in [0.4, 0.5) is 15.8 Å². The number of hydrogen-bond acceptors (Lipinski definition) is 4. The molecule has 1 aliphatic rings. The number of nitrogens with one attached hydrogen (secondary N) is 1. The lowest BCUT2D eigenvalue weighted by atomic mass is 10.0. The van der Waals surface area contributed by atoms with E-state index < -0.39 is 0 Å². The highest BCUT2D eigenvalue weighted by Crippen LogP contribution is 2.31.